The van der Waals surface area contributed by atoms with Crippen LogP contribution in [0.15, 0.2) is 18.2 Å². The fraction of sp³-hybridized carbons (Fsp3) is 0.562. The highest BCUT2D eigenvalue weighted by atomic mass is 35.5. The van der Waals surface area contributed by atoms with Crippen molar-refractivity contribution in [3.63, 3.8) is 0 Å². The molecule has 1 aliphatic carbocycles. The van der Waals surface area contributed by atoms with Gasteiger partial charge in [-0.25, -0.2) is 0 Å². The molecular formula is C16H20ClNO. The van der Waals surface area contributed by atoms with Crippen LogP contribution in [0.2, 0.25) is 0 Å². The van der Waals surface area contributed by atoms with E-state index in [0.717, 1.165) is 11.3 Å². The molecule has 0 spiro atoms. The summed E-state index contributed by atoms with van der Waals surface area (Å²) in [7, 11) is 0. The molecule has 1 unspecified atom stereocenters. The monoisotopic (exact) mass is 277 g/mol. The van der Waals surface area contributed by atoms with Gasteiger partial charge < -0.3 is 5.32 Å². The summed E-state index contributed by atoms with van der Waals surface area (Å²) in [4.78, 5) is 11.4. The van der Waals surface area contributed by atoms with Gasteiger partial charge in [-0.05, 0) is 35.4 Å². The summed E-state index contributed by atoms with van der Waals surface area (Å²) >= 11 is 6.76. The molecule has 0 aromatic heterocycles. The lowest BCUT2D eigenvalue weighted by atomic mass is 9.71. The quantitative estimate of drug-likeness (QED) is 0.796. The van der Waals surface area contributed by atoms with E-state index in [0.29, 0.717) is 6.42 Å². The number of benzene rings is 1. The number of amides is 1. The topological polar surface area (TPSA) is 29.1 Å². The number of rotatable bonds is 2. The van der Waals surface area contributed by atoms with Crippen LogP contribution < -0.4 is 5.32 Å². The highest BCUT2D eigenvalue weighted by Crippen LogP contribution is 2.49. The van der Waals surface area contributed by atoms with Gasteiger partial charge in [0, 0.05) is 5.69 Å². The number of anilines is 1. The summed E-state index contributed by atoms with van der Waals surface area (Å²) in [5.74, 6) is 0.0853. The van der Waals surface area contributed by atoms with Gasteiger partial charge in [0.2, 0.25) is 5.91 Å². The Morgan fingerprint density at radius 1 is 1.26 bits per heavy atom. The Bertz CT molecular complexity index is 505. The van der Waals surface area contributed by atoms with Gasteiger partial charge in [-0.1, -0.05) is 38.3 Å². The highest BCUT2D eigenvalue weighted by molar-refractivity contribution is 6.21. The van der Waals surface area contributed by atoms with Crippen LogP contribution in [0.1, 0.15) is 55.5 Å². The van der Waals surface area contributed by atoms with Crippen LogP contribution in [-0.2, 0) is 11.2 Å². The van der Waals surface area contributed by atoms with Gasteiger partial charge in [-0.2, -0.15) is 0 Å². The smallest absolute Gasteiger partial charge is 0.228 e. The largest absolute Gasteiger partial charge is 0.326 e. The van der Waals surface area contributed by atoms with E-state index in [2.05, 4.69) is 24.4 Å². The fourth-order valence-electron chi connectivity index (χ4n) is 3.42. The molecule has 1 saturated carbocycles. The summed E-state index contributed by atoms with van der Waals surface area (Å²) in [6.45, 7) is 2.31. The van der Waals surface area contributed by atoms with Crippen LogP contribution in [-0.4, -0.2) is 5.91 Å². The Kier molecular flexibility index (Phi) is 3.30. The predicted octanol–water partition coefficient (Wildman–Crippen LogP) is 4.43. The van der Waals surface area contributed by atoms with E-state index >= 15 is 0 Å². The second-order valence-electron chi connectivity index (χ2n) is 6.22. The summed E-state index contributed by atoms with van der Waals surface area (Å²) < 4.78 is 0. The van der Waals surface area contributed by atoms with Crippen molar-refractivity contribution in [3.8, 4) is 0 Å². The van der Waals surface area contributed by atoms with Crippen LogP contribution in [0, 0.1) is 5.41 Å². The van der Waals surface area contributed by atoms with E-state index < -0.39 is 0 Å². The van der Waals surface area contributed by atoms with Crippen LogP contribution in [0.5, 0.6) is 0 Å². The molecular weight excluding hydrogens is 258 g/mol. The van der Waals surface area contributed by atoms with Gasteiger partial charge in [-0.15, -0.1) is 11.6 Å². The van der Waals surface area contributed by atoms with E-state index in [-0.39, 0.29) is 16.7 Å². The number of carbonyl (C=O) groups excluding carboxylic acids is 1. The van der Waals surface area contributed by atoms with E-state index in [1.807, 2.05) is 6.07 Å². The molecule has 0 radical (unpaired) electrons. The Morgan fingerprint density at radius 3 is 2.74 bits per heavy atom. The van der Waals surface area contributed by atoms with Crippen LogP contribution in [0.3, 0.4) is 0 Å². The lowest BCUT2D eigenvalue weighted by Crippen LogP contribution is -2.25. The van der Waals surface area contributed by atoms with Crippen molar-refractivity contribution in [1.29, 1.82) is 0 Å². The third kappa shape index (κ3) is 2.38. The Balaban J connectivity index is 1.86. The van der Waals surface area contributed by atoms with Gasteiger partial charge in [-0.3, -0.25) is 4.79 Å². The van der Waals surface area contributed by atoms with E-state index in [4.69, 9.17) is 11.6 Å². The minimum Gasteiger partial charge on any atom is -0.326 e. The Morgan fingerprint density at radius 2 is 2.00 bits per heavy atom. The lowest BCUT2D eigenvalue weighted by Gasteiger charge is -2.38. The van der Waals surface area contributed by atoms with Crippen molar-refractivity contribution in [2.75, 3.05) is 5.32 Å². The zero-order valence-corrected chi connectivity index (χ0v) is 12.1. The van der Waals surface area contributed by atoms with E-state index in [1.54, 1.807) is 0 Å². The first-order chi connectivity index (χ1) is 9.08. The number of alkyl halides is 1. The van der Waals surface area contributed by atoms with Crippen molar-refractivity contribution >= 4 is 23.2 Å². The molecule has 2 nitrogen and oxygen atoms in total. The van der Waals surface area contributed by atoms with Crippen LogP contribution in [0.25, 0.3) is 0 Å². The first kappa shape index (κ1) is 13.0. The van der Waals surface area contributed by atoms with Gasteiger partial charge >= 0.3 is 0 Å². The molecule has 1 fully saturated rings. The molecule has 1 heterocycles. The van der Waals surface area contributed by atoms with Crippen LogP contribution >= 0.6 is 11.6 Å². The van der Waals surface area contributed by atoms with Crippen molar-refractivity contribution in [2.24, 2.45) is 5.41 Å². The maximum atomic E-state index is 11.4. The molecule has 102 valence electrons. The predicted molar refractivity (Wildman–Crippen MR) is 78.6 cm³/mol. The SMILES string of the molecule is CC1(C(Cl)c2ccc3c(c2)CC(=O)N3)CCCCC1. The molecule has 0 saturated heterocycles. The highest BCUT2D eigenvalue weighted by Gasteiger charge is 2.35. The second kappa shape index (κ2) is 4.82. The minimum absolute atomic E-state index is 0.0498. The summed E-state index contributed by atoms with van der Waals surface area (Å²) in [6.07, 6.45) is 6.80. The van der Waals surface area contributed by atoms with Crippen molar-refractivity contribution < 1.29 is 4.79 Å². The first-order valence-electron chi connectivity index (χ1n) is 7.15. The second-order valence-corrected chi connectivity index (χ2v) is 6.66. The fourth-order valence-corrected chi connectivity index (χ4v) is 3.78. The Labute approximate surface area is 119 Å². The third-order valence-electron chi connectivity index (χ3n) is 4.65. The standard InChI is InChI=1S/C16H20ClNO/c1-16(7-3-2-4-8-16)15(17)11-5-6-13-12(9-11)10-14(19)18-13/h5-6,9,15H,2-4,7-8,10H2,1H3,(H,18,19). The van der Waals surface area contributed by atoms with Gasteiger partial charge in [0.05, 0.1) is 11.8 Å². The van der Waals surface area contributed by atoms with Crippen molar-refractivity contribution in [3.05, 3.63) is 29.3 Å². The molecule has 0 bridgehead atoms. The zero-order valence-electron chi connectivity index (χ0n) is 11.3. The molecule has 1 aliphatic heterocycles. The zero-order chi connectivity index (χ0) is 13.5. The molecule has 3 heteroatoms. The molecule has 2 aliphatic rings. The molecule has 1 amide bonds. The number of carbonyl (C=O) groups is 1. The van der Waals surface area contributed by atoms with Gasteiger partial charge in [0.15, 0.2) is 0 Å². The molecule has 1 aromatic carbocycles. The molecule has 19 heavy (non-hydrogen) atoms. The molecule has 1 aromatic rings. The third-order valence-corrected chi connectivity index (χ3v) is 5.43. The van der Waals surface area contributed by atoms with Gasteiger partial charge in [0.25, 0.3) is 0 Å². The minimum atomic E-state index is 0.0498. The average molecular weight is 278 g/mol. The number of fused-ring (bicyclic) bond motifs is 1. The summed E-state index contributed by atoms with van der Waals surface area (Å²) in [5, 5.41) is 2.92. The maximum Gasteiger partial charge on any atom is 0.228 e. The number of halogens is 1. The van der Waals surface area contributed by atoms with Gasteiger partial charge in [0.1, 0.15) is 0 Å². The number of hydrogen-bond donors (Lipinski definition) is 1. The van der Waals surface area contributed by atoms with E-state index in [9.17, 15) is 4.79 Å². The summed E-state index contributed by atoms with van der Waals surface area (Å²) in [6, 6.07) is 6.18. The molecule has 3 rings (SSSR count). The average Bonchev–Trinajstić information content (AvgIpc) is 2.77. The Hall–Kier alpha value is -1.02. The number of hydrogen-bond acceptors (Lipinski definition) is 1. The first-order valence-corrected chi connectivity index (χ1v) is 7.59. The van der Waals surface area contributed by atoms with Crippen molar-refractivity contribution in [1.82, 2.24) is 0 Å². The van der Waals surface area contributed by atoms with Crippen LogP contribution in [0.4, 0.5) is 5.69 Å². The van der Waals surface area contributed by atoms with E-state index in [1.165, 1.54) is 37.7 Å². The maximum absolute atomic E-state index is 11.4. The molecule has 1 atom stereocenters. The summed E-state index contributed by atoms with van der Waals surface area (Å²) in [5.41, 5.74) is 3.41. The van der Waals surface area contributed by atoms with Crippen molar-refractivity contribution in [2.45, 2.75) is 50.8 Å². The normalized spacial score (nSPS) is 22.7. The molecule has 1 N–H and O–H groups in total. The lowest BCUT2D eigenvalue weighted by molar-refractivity contribution is -0.115. The number of nitrogens with one attached hydrogen (secondary N) is 1.